The number of carbonyl (C=O) groups excluding carboxylic acids is 1. The van der Waals surface area contributed by atoms with Gasteiger partial charge in [-0.05, 0) is 54.6 Å². The Morgan fingerprint density at radius 2 is 1.69 bits per heavy atom. The fourth-order valence-corrected chi connectivity index (χ4v) is 2.90. The maximum absolute atomic E-state index is 13.2. The van der Waals surface area contributed by atoms with Crippen LogP contribution in [-0.2, 0) is 0 Å². The lowest BCUT2D eigenvalue weighted by Gasteiger charge is -2.10. The van der Waals surface area contributed by atoms with Crippen LogP contribution in [0.4, 0.5) is 21.7 Å². The van der Waals surface area contributed by atoms with Gasteiger partial charge in [0.15, 0.2) is 5.78 Å². The number of rotatable bonds is 5. The van der Waals surface area contributed by atoms with Crippen molar-refractivity contribution in [2.45, 2.75) is 0 Å². The van der Waals surface area contributed by atoms with Crippen molar-refractivity contribution in [3.63, 3.8) is 0 Å². The summed E-state index contributed by atoms with van der Waals surface area (Å²) in [5.41, 5.74) is 9.32. The maximum Gasteiger partial charge on any atom is 0.227 e. The topological polar surface area (TPSA) is 80.9 Å². The first-order chi connectivity index (χ1) is 14.1. The summed E-state index contributed by atoms with van der Waals surface area (Å²) in [5, 5.41) is 3.14. The molecule has 0 saturated carbocycles. The predicted octanol–water partition coefficient (Wildman–Crippen LogP) is 4.84. The van der Waals surface area contributed by atoms with Gasteiger partial charge in [0.2, 0.25) is 5.95 Å². The van der Waals surface area contributed by atoms with Crippen LogP contribution in [0.1, 0.15) is 15.9 Å². The summed E-state index contributed by atoms with van der Waals surface area (Å²) in [6.45, 7) is 0. The molecule has 0 aliphatic heterocycles. The Kier molecular flexibility index (Phi) is 4.99. The Hall–Kier alpha value is -4.06. The number of hydrogen-bond donors (Lipinski definition) is 2. The molecule has 3 aromatic carbocycles. The Morgan fingerprint density at radius 3 is 2.45 bits per heavy atom. The zero-order chi connectivity index (χ0) is 20.2. The highest BCUT2D eigenvalue weighted by molar-refractivity contribution is 6.12. The molecule has 0 aliphatic rings. The van der Waals surface area contributed by atoms with Gasteiger partial charge in [0.05, 0.1) is 5.69 Å². The minimum atomic E-state index is -0.400. The highest BCUT2D eigenvalue weighted by Crippen LogP contribution is 2.25. The molecule has 0 saturated heterocycles. The summed E-state index contributed by atoms with van der Waals surface area (Å²) in [6.07, 6.45) is 1.64. The molecule has 4 aromatic rings. The van der Waals surface area contributed by atoms with Gasteiger partial charge in [-0.3, -0.25) is 4.79 Å². The van der Waals surface area contributed by atoms with Crippen molar-refractivity contribution in [2.24, 2.45) is 0 Å². The average Bonchev–Trinajstić information content (AvgIpc) is 2.75. The zero-order valence-electron chi connectivity index (χ0n) is 15.3. The van der Waals surface area contributed by atoms with Gasteiger partial charge in [-0.2, -0.15) is 0 Å². The standard InChI is InChI=1S/C23H17FN4O/c24-17-9-6-15(7-10-17)22(29)19-14-16(8-11-20(19)25)21-12-13-26-23(28-21)27-18-4-2-1-3-5-18/h1-14H,25H2,(H,26,27,28). The van der Waals surface area contributed by atoms with Gasteiger partial charge in [0, 0.05) is 34.3 Å². The number of para-hydroxylation sites is 1. The van der Waals surface area contributed by atoms with Crippen LogP contribution in [0.15, 0.2) is 85.1 Å². The van der Waals surface area contributed by atoms with Gasteiger partial charge < -0.3 is 11.1 Å². The summed E-state index contributed by atoms with van der Waals surface area (Å²) in [6, 6.07) is 21.9. The van der Waals surface area contributed by atoms with Crippen molar-refractivity contribution in [3.8, 4) is 11.3 Å². The van der Waals surface area contributed by atoms with Crippen LogP contribution in [0.25, 0.3) is 11.3 Å². The van der Waals surface area contributed by atoms with E-state index in [-0.39, 0.29) is 5.78 Å². The molecule has 0 amide bonds. The zero-order valence-corrected chi connectivity index (χ0v) is 15.3. The summed E-state index contributed by atoms with van der Waals surface area (Å²) >= 11 is 0. The fourth-order valence-electron chi connectivity index (χ4n) is 2.90. The molecule has 1 aromatic heterocycles. The number of carbonyl (C=O) groups is 1. The molecule has 4 rings (SSSR count). The molecule has 0 unspecified atom stereocenters. The molecule has 3 N–H and O–H groups in total. The van der Waals surface area contributed by atoms with E-state index in [2.05, 4.69) is 15.3 Å². The molecule has 0 fully saturated rings. The minimum absolute atomic E-state index is 0.277. The molecule has 0 aliphatic carbocycles. The molecule has 0 bridgehead atoms. The Labute approximate surface area is 167 Å². The van der Waals surface area contributed by atoms with E-state index in [4.69, 9.17) is 5.73 Å². The highest BCUT2D eigenvalue weighted by Gasteiger charge is 2.14. The first-order valence-electron chi connectivity index (χ1n) is 8.95. The van der Waals surface area contributed by atoms with E-state index in [9.17, 15) is 9.18 Å². The number of nitrogens with one attached hydrogen (secondary N) is 1. The van der Waals surface area contributed by atoms with E-state index in [1.54, 1.807) is 30.5 Å². The van der Waals surface area contributed by atoms with Crippen molar-refractivity contribution in [1.82, 2.24) is 9.97 Å². The summed E-state index contributed by atoms with van der Waals surface area (Å²) in [7, 11) is 0. The van der Waals surface area contributed by atoms with Crippen molar-refractivity contribution < 1.29 is 9.18 Å². The Bertz CT molecular complexity index is 1160. The average molecular weight is 384 g/mol. The minimum Gasteiger partial charge on any atom is -0.398 e. The van der Waals surface area contributed by atoms with E-state index < -0.39 is 5.82 Å². The van der Waals surface area contributed by atoms with E-state index in [0.717, 1.165) is 11.3 Å². The van der Waals surface area contributed by atoms with Crippen LogP contribution in [-0.4, -0.2) is 15.8 Å². The van der Waals surface area contributed by atoms with Gasteiger partial charge in [-0.25, -0.2) is 14.4 Å². The van der Waals surface area contributed by atoms with E-state index in [1.165, 1.54) is 24.3 Å². The van der Waals surface area contributed by atoms with Crippen molar-refractivity contribution in [1.29, 1.82) is 0 Å². The van der Waals surface area contributed by atoms with Gasteiger partial charge in [0.1, 0.15) is 5.82 Å². The second-order valence-electron chi connectivity index (χ2n) is 6.39. The lowest BCUT2D eigenvalue weighted by atomic mass is 9.98. The number of ketones is 1. The van der Waals surface area contributed by atoms with E-state index >= 15 is 0 Å². The molecule has 0 spiro atoms. The van der Waals surface area contributed by atoms with Crippen LogP contribution in [0.2, 0.25) is 0 Å². The third kappa shape index (κ3) is 4.11. The smallest absolute Gasteiger partial charge is 0.227 e. The van der Waals surface area contributed by atoms with Gasteiger partial charge in [0.25, 0.3) is 0 Å². The van der Waals surface area contributed by atoms with Crippen LogP contribution < -0.4 is 11.1 Å². The third-order valence-electron chi connectivity index (χ3n) is 4.39. The molecule has 5 nitrogen and oxygen atoms in total. The van der Waals surface area contributed by atoms with Crippen LogP contribution >= 0.6 is 0 Å². The molecule has 29 heavy (non-hydrogen) atoms. The molecule has 0 radical (unpaired) electrons. The summed E-state index contributed by atoms with van der Waals surface area (Å²) in [4.78, 5) is 21.6. The number of benzene rings is 3. The predicted molar refractivity (Wildman–Crippen MR) is 111 cm³/mol. The second-order valence-corrected chi connectivity index (χ2v) is 6.39. The Morgan fingerprint density at radius 1 is 0.931 bits per heavy atom. The largest absolute Gasteiger partial charge is 0.398 e. The normalized spacial score (nSPS) is 10.5. The van der Waals surface area contributed by atoms with Gasteiger partial charge >= 0.3 is 0 Å². The van der Waals surface area contributed by atoms with Crippen LogP contribution in [0.5, 0.6) is 0 Å². The molecule has 142 valence electrons. The van der Waals surface area contributed by atoms with E-state index in [1.807, 2.05) is 30.3 Å². The number of hydrogen-bond acceptors (Lipinski definition) is 5. The van der Waals surface area contributed by atoms with Gasteiger partial charge in [-0.15, -0.1) is 0 Å². The highest BCUT2D eigenvalue weighted by atomic mass is 19.1. The first-order valence-corrected chi connectivity index (χ1v) is 8.95. The number of nitrogen functional groups attached to an aromatic ring is 1. The van der Waals surface area contributed by atoms with Crippen molar-refractivity contribution >= 4 is 23.1 Å². The number of halogens is 1. The van der Waals surface area contributed by atoms with Crippen LogP contribution in [0.3, 0.4) is 0 Å². The monoisotopic (exact) mass is 384 g/mol. The van der Waals surface area contributed by atoms with Crippen molar-refractivity contribution in [2.75, 3.05) is 11.1 Å². The molecule has 0 atom stereocenters. The summed E-state index contributed by atoms with van der Waals surface area (Å²) < 4.78 is 13.2. The number of nitrogens with two attached hydrogens (primary N) is 1. The molecular weight excluding hydrogens is 367 g/mol. The summed E-state index contributed by atoms with van der Waals surface area (Å²) in [5.74, 6) is -0.235. The van der Waals surface area contributed by atoms with Crippen LogP contribution in [0, 0.1) is 5.82 Å². The number of aromatic nitrogens is 2. The molecule has 6 heteroatoms. The second kappa shape index (κ2) is 7.90. The maximum atomic E-state index is 13.2. The molecular formula is C23H17FN4O. The number of anilines is 3. The lowest BCUT2D eigenvalue weighted by Crippen LogP contribution is -2.06. The molecule has 1 heterocycles. The SMILES string of the molecule is Nc1ccc(-c2ccnc(Nc3ccccc3)n2)cc1C(=O)c1ccc(F)cc1. The quantitative estimate of drug-likeness (QED) is 0.380. The first kappa shape index (κ1) is 18.3. The lowest BCUT2D eigenvalue weighted by molar-refractivity contribution is 0.103. The van der Waals surface area contributed by atoms with Crippen molar-refractivity contribution in [3.05, 3.63) is 102 Å². The fraction of sp³-hybridized carbons (Fsp3) is 0. The third-order valence-corrected chi connectivity index (χ3v) is 4.39. The Balaban J connectivity index is 1.66. The van der Waals surface area contributed by atoms with Gasteiger partial charge in [-0.1, -0.05) is 24.3 Å². The number of nitrogens with zero attached hydrogens (tertiary/aromatic N) is 2. The van der Waals surface area contributed by atoms with E-state index in [0.29, 0.717) is 28.5 Å².